The molecule has 10 heteroatoms. The molecule has 4 aromatic rings. The Kier molecular flexibility index (Phi) is 8.17. The number of imidazole rings is 1. The van der Waals surface area contributed by atoms with Crippen LogP contribution >= 0.6 is 0 Å². The summed E-state index contributed by atoms with van der Waals surface area (Å²) in [5, 5.41) is 3.38. The number of benzene rings is 1. The first kappa shape index (κ1) is 25.2. The highest BCUT2D eigenvalue weighted by Gasteiger charge is 2.15. The highest BCUT2D eigenvalue weighted by atomic mass is 16.5. The summed E-state index contributed by atoms with van der Waals surface area (Å²) in [6.07, 6.45) is 1.87. The van der Waals surface area contributed by atoms with Gasteiger partial charge in [0.2, 0.25) is 5.88 Å². The van der Waals surface area contributed by atoms with Crippen LogP contribution in [0.25, 0.3) is 11.2 Å². The molecule has 10 nitrogen and oxygen atoms in total. The molecule has 0 unspecified atom stereocenters. The van der Waals surface area contributed by atoms with Gasteiger partial charge in [-0.2, -0.15) is 9.97 Å². The Morgan fingerprint density at radius 3 is 2.67 bits per heavy atom. The number of aromatic amines is 1. The normalized spacial score (nSPS) is 11.3. The van der Waals surface area contributed by atoms with Crippen molar-refractivity contribution in [1.82, 2.24) is 29.8 Å². The molecule has 0 amide bonds. The van der Waals surface area contributed by atoms with Crippen molar-refractivity contribution in [2.75, 3.05) is 18.9 Å². The number of hydrogen-bond donors (Lipinski definition) is 3. The minimum atomic E-state index is -0.316. The molecule has 0 spiro atoms. The molecular weight excluding hydrogens is 458 g/mol. The van der Waals surface area contributed by atoms with Crippen LogP contribution in [0.2, 0.25) is 0 Å². The van der Waals surface area contributed by atoms with Gasteiger partial charge in [-0.15, -0.1) is 0 Å². The van der Waals surface area contributed by atoms with E-state index in [4.69, 9.17) is 15.2 Å². The summed E-state index contributed by atoms with van der Waals surface area (Å²) in [6.45, 7) is 8.82. The van der Waals surface area contributed by atoms with Gasteiger partial charge in [0.25, 0.3) is 0 Å². The third-order valence-electron chi connectivity index (χ3n) is 5.49. The van der Waals surface area contributed by atoms with Gasteiger partial charge in [-0.3, -0.25) is 4.57 Å². The standard InChI is InChI=1S/C26H33N7O3/c1-4-5-13-35-25-31-23(27)22-24(32-25)33(26(34)30-22)16-18-9-11-20(12-10-18)36-21-8-6-7-19(29-21)15-28-14-17(2)3/h6-12,17,28H,4-5,13-16H2,1-3H3,(H,30,34)(H2,27,31,32). The minimum Gasteiger partial charge on any atom is -0.463 e. The number of aromatic nitrogens is 5. The van der Waals surface area contributed by atoms with Gasteiger partial charge in [-0.05, 0) is 42.6 Å². The molecule has 0 radical (unpaired) electrons. The number of nitrogens with two attached hydrogens (primary N) is 1. The van der Waals surface area contributed by atoms with Crippen molar-refractivity contribution in [3.05, 3.63) is 64.2 Å². The summed E-state index contributed by atoms with van der Waals surface area (Å²) in [7, 11) is 0. The Balaban J connectivity index is 1.46. The van der Waals surface area contributed by atoms with E-state index in [2.05, 4.69) is 46.0 Å². The second kappa shape index (κ2) is 11.7. The first-order valence-corrected chi connectivity index (χ1v) is 12.2. The van der Waals surface area contributed by atoms with Crippen LogP contribution in [-0.2, 0) is 13.1 Å². The molecule has 3 heterocycles. The van der Waals surface area contributed by atoms with Crippen molar-refractivity contribution in [1.29, 1.82) is 0 Å². The summed E-state index contributed by atoms with van der Waals surface area (Å²) in [6, 6.07) is 13.4. The molecule has 4 rings (SSSR count). The summed E-state index contributed by atoms with van der Waals surface area (Å²) in [5.41, 5.74) is 8.35. The Bertz CT molecular complexity index is 1350. The van der Waals surface area contributed by atoms with Crippen molar-refractivity contribution in [2.45, 2.75) is 46.7 Å². The Morgan fingerprint density at radius 1 is 1.11 bits per heavy atom. The zero-order valence-electron chi connectivity index (χ0n) is 21.0. The highest BCUT2D eigenvalue weighted by molar-refractivity contribution is 5.81. The molecule has 3 aromatic heterocycles. The number of nitrogens with one attached hydrogen (secondary N) is 2. The highest BCUT2D eigenvalue weighted by Crippen LogP contribution is 2.22. The Labute approximate surface area is 209 Å². The monoisotopic (exact) mass is 491 g/mol. The quantitative estimate of drug-likeness (QED) is 0.254. The minimum absolute atomic E-state index is 0.166. The molecule has 0 fully saturated rings. The molecule has 0 aliphatic rings. The lowest BCUT2D eigenvalue weighted by Crippen LogP contribution is -2.19. The van der Waals surface area contributed by atoms with E-state index in [1.54, 1.807) is 0 Å². The molecule has 0 atom stereocenters. The van der Waals surface area contributed by atoms with Crippen LogP contribution in [0.1, 0.15) is 44.9 Å². The van der Waals surface area contributed by atoms with Gasteiger partial charge in [0.1, 0.15) is 11.3 Å². The third-order valence-corrected chi connectivity index (χ3v) is 5.49. The topological polar surface area (TPSA) is 133 Å². The summed E-state index contributed by atoms with van der Waals surface area (Å²) in [5.74, 6) is 1.94. The number of nitrogens with zero attached hydrogens (tertiary/aromatic N) is 4. The molecule has 0 saturated heterocycles. The first-order valence-electron chi connectivity index (χ1n) is 12.2. The third kappa shape index (κ3) is 6.39. The van der Waals surface area contributed by atoms with Gasteiger partial charge in [-0.1, -0.05) is 45.4 Å². The number of H-pyrrole nitrogens is 1. The molecule has 36 heavy (non-hydrogen) atoms. The molecule has 190 valence electrons. The number of anilines is 1. The maximum atomic E-state index is 12.6. The lowest BCUT2D eigenvalue weighted by molar-refractivity contribution is 0.286. The molecule has 0 saturated carbocycles. The van der Waals surface area contributed by atoms with Crippen molar-refractivity contribution in [2.24, 2.45) is 5.92 Å². The molecule has 4 N–H and O–H groups in total. The number of rotatable bonds is 12. The van der Waals surface area contributed by atoms with Gasteiger partial charge < -0.3 is 25.5 Å². The fraction of sp³-hybridized carbons (Fsp3) is 0.385. The zero-order valence-corrected chi connectivity index (χ0v) is 21.0. The van der Waals surface area contributed by atoms with Crippen LogP contribution in [0.5, 0.6) is 17.6 Å². The average molecular weight is 492 g/mol. The average Bonchev–Trinajstić information content (AvgIpc) is 3.16. The lowest BCUT2D eigenvalue weighted by atomic mass is 10.2. The maximum Gasteiger partial charge on any atom is 0.328 e. The zero-order chi connectivity index (χ0) is 25.5. The van der Waals surface area contributed by atoms with Crippen LogP contribution in [0, 0.1) is 5.92 Å². The van der Waals surface area contributed by atoms with E-state index < -0.39 is 0 Å². The predicted octanol–water partition coefficient (Wildman–Crippen LogP) is 3.86. The summed E-state index contributed by atoms with van der Waals surface area (Å²) >= 11 is 0. The van der Waals surface area contributed by atoms with E-state index >= 15 is 0 Å². The predicted molar refractivity (Wildman–Crippen MR) is 139 cm³/mol. The second-order valence-corrected chi connectivity index (χ2v) is 9.05. The molecule has 0 aliphatic heterocycles. The van der Waals surface area contributed by atoms with E-state index in [9.17, 15) is 4.79 Å². The lowest BCUT2D eigenvalue weighted by Gasteiger charge is -2.10. The van der Waals surface area contributed by atoms with E-state index in [0.717, 1.165) is 30.6 Å². The van der Waals surface area contributed by atoms with E-state index in [1.807, 2.05) is 42.5 Å². The largest absolute Gasteiger partial charge is 0.463 e. The van der Waals surface area contributed by atoms with E-state index in [-0.39, 0.29) is 17.5 Å². The van der Waals surface area contributed by atoms with E-state index in [0.29, 0.717) is 48.4 Å². The van der Waals surface area contributed by atoms with Crippen LogP contribution in [0.4, 0.5) is 5.82 Å². The fourth-order valence-corrected chi connectivity index (χ4v) is 3.62. The van der Waals surface area contributed by atoms with E-state index in [1.165, 1.54) is 4.57 Å². The van der Waals surface area contributed by atoms with Crippen molar-refractivity contribution < 1.29 is 9.47 Å². The number of ether oxygens (including phenoxy) is 2. The molecule has 1 aromatic carbocycles. The SMILES string of the molecule is CCCCOc1nc(N)c2[nH]c(=O)n(Cc3ccc(Oc4cccc(CNCC(C)C)n4)cc3)c2n1. The first-order chi connectivity index (χ1) is 17.4. The van der Waals surface area contributed by atoms with Crippen LogP contribution in [0.3, 0.4) is 0 Å². The molecule has 0 aliphatic carbocycles. The fourth-order valence-electron chi connectivity index (χ4n) is 3.62. The number of pyridine rings is 1. The number of hydrogen-bond acceptors (Lipinski definition) is 8. The van der Waals surface area contributed by atoms with Gasteiger partial charge in [0.05, 0.1) is 18.8 Å². The van der Waals surface area contributed by atoms with Gasteiger partial charge >= 0.3 is 11.7 Å². The van der Waals surface area contributed by atoms with Crippen LogP contribution in [-0.4, -0.2) is 37.7 Å². The molecular formula is C26H33N7O3. The number of nitrogen functional groups attached to an aromatic ring is 1. The number of unbranched alkanes of at least 4 members (excludes halogenated alkanes) is 1. The van der Waals surface area contributed by atoms with Gasteiger partial charge in [0.15, 0.2) is 11.5 Å². The summed E-state index contributed by atoms with van der Waals surface area (Å²) in [4.78, 5) is 28.5. The number of fused-ring (bicyclic) bond motifs is 1. The van der Waals surface area contributed by atoms with Crippen LogP contribution < -0.4 is 26.2 Å². The summed E-state index contributed by atoms with van der Waals surface area (Å²) < 4.78 is 13.1. The second-order valence-electron chi connectivity index (χ2n) is 9.05. The Hall–Kier alpha value is -3.92. The van der Waals surface area contributed by atoms with Crippen LogP contribution in [0.15, 0.2) is 47.3 Å². The smallest absolute Gasteiger partial charge is 0.328 e. The maximum absolute atomic E-state index is 12.6. The Morgan fingerprint density at radius 2 is 1.92 bits per heavy atom. The molecule has 0 bridgehead atoms. The van der Waals surface area contributed by atoms with Crippen molar-refractivity contribution in [3.8, 4) is 17.6 Å². The van der Waals surface area contributed by atoms with Crippen molar-refractivity contribution in [3.63, 3.8) is 0 Å². The van der Waals surface area contributed by atoms with Crippen molar-refractivity contribution >= 4 is 17.0 Å². The van der Waals surface area contributed by atoms with Gasteiger partial charge in [-0.25, -0.2) is 9.78 Å². The van der Waals surface area contributed by atoms with Gasteiger partial charge in [0, 0.05) is 12.6 Å².